The lowest BCUT2D eigenvalue weighted by atomic mass is 10.1. The fourth-order valence-electron chi connectivity index (χ4n) is 3.90. The van der Waals surface area contributed by atoms with E-state index in [1.807, 2.05) is 81.3 Å². The molecule has 3 heterocycles. The molecule has 0 bridgehead atoms. The number of nitrogens with one attached hydrogen (secondary N) is 1. The number of anilines is 1. The Labute approximate surface area is 168 Å². The summed E-state index contributed by atoms with van der Waals surface area (Å²) in [6, 6.07) is 18.1. The fourth-order valence-corrected chi connectivity index (χ4v) is 3.90. The molecule has 2 aromatic heterocycles. The van der Waals surface area contributed by atoms with Crippen LogP contribution in [0.4, 0.5) is 10.5 Å². The highest BCUT2D eigenvalue weighted by atomic mass is 16.2. The molecule has 1 aliphatic rings. The van der Waals surface area contributed by atoms with Crippen LogP contribution in [0.2, 0.25) is 0 Å². The molecular formula is C22H22N6O. The van der Waals surface area contributed by atoms with E-state index in [0.29, 0.717) is 6.04 Å². The van der Waals surface area contributed by atoms with Gasteiger partial charge in [-0.1, -0.05) is 18.2 Å². The molecule has 5 rings (SSSR count). The molecule has 7 nitrogen and oxygen atoms in total. The number of urea groups is 1. The molecule has 1 saturated heterocycles. The molecule has 1 N–H and O–H groups in total. The lowest BCUT2D eigenvalue weighted by Crippen LogP contribution is -2.41. The zero-order chi connectivity index (χ0) is 19.6. The van der Waals surface area contributed by atoms with Crippen molar-refractivity contribution in [3.05, 3.63) is 73.2 Å². The van der Waals surface area contributed by atoms with Gasteiger partial charge >= 0.3 is 6.03 Å². The van der Waals surface area contributed by atoms with Gasteiger partial charge in [-0.2, -0.15) is 10.2 Å². The molecule has 0 unspecified atom stereocenters. The summed E-state index contributed by atoms with van der Waals surface area (Å²) in [5.41, 5.74) is 2.80. The molecule has 29 heavy (non-hydrogen) atoms. The van der Waals surface area contributed by atoms with Crippen LogP contribution in [-0.2, 0) is 0 Å². The molecule has 4 aromatic rings. The van der Waals surface area contributed by atoms with E-state index in [-0.39, 0.29) is 6.03 Å². The summed E-state index contributed by atoms with van der Waals surface area (Å²) in [7, 11) is 0. The number of amides is 2. The highest BCUT2D eigenvalue weighted by molar-refractivity contribution is 5.89. The first kappa shape index (κ1) is 17.5. The van der Waals surface area contributed by atoms with Crippen LogP contribution in [0.3, 0.4) is 0 Å². The van der Waals surface area contributed by atoms with E-state index in [0.717, 1.165) is 48.2 Å². The highest BCUT2D eigenvalue weighted by Crippen LogP contribution is 2.23. The van der Waals surface area contributed by atoms with Gasteiger partial charge in [0.05, 0.1) is 23.4 Å². The summed E-state index contributed by atoms with van der Waals surface area (Å²) in [5.74, 6) is 0. The van der Waals surface area contributed by atoms with Gasteiger partial charge in [0.1, 0.15) is 0 Å². The molecule has 7 heteroatoms. The first-order chi connectivity index (χ1) is 14.3. The number of benzene rings is 2. The number of piperidine rings is 1. The van der Waals surface area contributed by atoms with Gasteiger partial charge in [-0.15, -0.1) is 0 Å². The van der Waals surface area contributed by atoms with Crippen molar-refractivity contribution in [1.82, 2.24) is 24.5 Å². The van der Waals surface area contributed by atoms with Crippen molar-refractivity contribution in [3.8, 4) is 5.69 Å². The molecular weight excluding hydrogens is 364 g/mol. The number of para-hydroxylation sites is 1. The lowest BCUT2D eigenvalue weighted by Gasteiger charge is -2.32. The van der Waals surface area contributed by atoms with E-state index in [9.17, 15) is 4.79 Å². The quantitative estimate of drug-likeness (QED) is 0.577. The topological polar surface area (TPSA) is 68.0 Å². The standard InChI is InChI=1S/C22H22N6O/c29-22(26-14-10-19(11-15-26)27-13-3-12-23-27)25-18-6-8-20(9-7-18)28-21-5-2-1-4-17(21)16-24-28/h1-9,12-13,16,19H,10-11,14-15H2,(H,25,29). The number of carbonyl (C=O) groups is 1. The normalized spacial score (nSPS) is 15.0. The van der Waals surface area contributed by atoms with Crippen LogP contribution in [0.15, 0.2) is 73.2 Å². The summed E-state index contributed by atoms with van der Waals surface area (Å²) < 4.78 is 3.90. The molecule has 2 amide bonds. The molecule has 2 aromatic carbocycles. The third-order valence-corrected chi connectivity index (χ3v) is 5.49. The molecule has 0 atom stereocenters. The van der Waals surface area contributed by atoms with Crippen molar-refractivity contribution in [2.45, 2.75) is 18.9 Å². The molecule has 0 radical (unpaired) electrons. The Balaban J connectivity index is 1.23. The average molecular weight is 386 g/mol. The van der Waals surface area contributed by atoms with Crippen LogP contribution in [0.25, 0.3) is 16.6 Å². The molecule has 1 fully saturated rings. The van der Waals surface area contributed by atoms with Gasteiger partial charge in [-0.05, 0) is 49.2 Å². The Bertz CT molecular complexity index is 1110. The Kier molecular flexibility index (Phi) is 4.48. The Morgan fingerprint density at radius 3 is 2.52 bits per heavy atom. The van der Waals surface area contributed by atoms with E-state index < -0.39 is 0 Å². The average Bonchev–Trinajstić information content (AvgIpc) is 3.45. The second-order valence-electron chi connectivity index (χ2n) is 7.30. The van der Waals surface area contributed by atoms with Crippen LogP contribution < -0.4 is 5.32 Å². The van der Waals surface area contributed by atoms with Gasteiger partial charge in [-0.3, -0.25) is 4.68 Å². The number of aromatic nitrogens is 4. The van der Waals surface area contributed by atoms with Gasteiger partial charge in [0.2, 0.25) is 0 Å². The minimum absolute atomic E-state index is 0.0544. The first-order valence-corrected chi connectivity index (χ1v) is 9.86. The molecule has 0 aliphatic carbocycles. The molecule has 1 aliphatic heterocycles. The maximum atomic E-state index is 12.6. The third-order valence-electron chi connectivity index (χ3n) is 5.49. The van der Waals surface area contributed by atoms with Crippen molar-refractivity contribution in [3.63, 3.8) is 0 Å². The van der Waals surface area contributed by atoms with Gasteiger partial charge in [-0.25, -0.2) is 9.48 Å². The maximum Gasteiger partial charge on any atom is 0.321 e. The highest BCUT2D eigenvalue weighted by Gasteiger charge is 2.24. The van der Waals surface area contributed by atoms with Gasteiger partial charge in [0.25, 0.3) is 0 Å². The third kappa shape index (κ3) is 3.47. The SMILES string of the molecule is O=C(Nc1ccc(-n2ncc3ccccc32)cc1)N1CCC(n2cccn2)CC1. The number of likely N-dealkylation sites (tertiary alicyclic amines) is 1. The van der Waals surface area contributed by atoms with E-state index in [2.05, 4.69) is 15.5 Å². The maximum absolute atomic E-state index is 12.6. The zero-order valence-corrected chi connectivity index (χ0v) is 16.0. The van der Waals surface area contributed by atoms with Crippen LogP contribution in [-0.4, -0.2) is 43.6 Å². The number of fused-ring (bicyclic) bond motifs is 1. The number of hydrogen-bond acceptors (Lipinski definition) is 3. The summed E-state index contributed by atoms with van der Waals surface area (Å²) in [4.78, 5) is 14.5. The number of rotatable bonds is 3. The van der Waals surface area contributed by atoms with E-state index in [4.69, 9.17) is 0 Å². The lowest BCUT2D eigenvalue weighted by molar-refractivity contribution is 0.180. The van der Waals surface area contributed by atoms with E-state index >= 15 is 0 Å². The van der Waals surface area contributed by atoms with E-state index in [1.54, 1.807) is 6.20 Å². The second kappa shape index (κ2) is 7.43. The predicted octanol–water partition coefficient (Wildman–Crippen LogP) is 4.09. The number of nitrogens with zero attached hydrogens (tertiary/aromatic N) is 5. The summed E-state index contributed by atoms with van der Waals surface area (Å²) in [5, 5.41) is 12.9. The summed E-state index contributed by atoms with van der Waals surface area (Å²) >= 11 is 0. The minimum atomic E-state index is -0.0544. The van der Waals surface area contributed by atoms with Crippen LogP contribution >= 0.6 is 0 Å². The van der Waals surface area contributed by atoms with Crippen molar-refractivity contribution in [2.24, 2.45) is 0 Å². The molecule has 0 spiro atoms. The second-order valence-corrected chi connectivity index (χ2v) is 7.30. The van der Waals surface area contributed by atoms with Crippen LogP contribution in [0.1, 0.15) is 18.9 Å². The van der Waals surface area contributed by atoms with Crippen LogP contribution in [0, 0.1) is 0 Å². The Morgan fingerprint density at radius 2 is 1.76 bits per heavy atom. The van der Waals surface area contributed by atoms with Crippen molar-refractivity contribution >= 4 is 22.6 Å². The fraction of sp³-hybridized carbons (Fsp3) is 0.227. The monoisotopic (exact) mass is 386 g/mol. The molecule has 146 valence electrons. The van der Waals surface area contributed by atoms with Gasteiger partial charge < -0.3 is 10.2 Å². The smallest absolute Gasteiger partial charge is 0.321 e. The Hall–Kier alpha value is -3.61. The predicted molar refractivity (Wildman–Crippen MR) is 112 cm³/mol. The van der Waals surface area contributed by atoms with Crippen molar-refractivity contribution in [1.29, 1.82) is 0 Å². The van der Waals surface area contributed by atoms with Crippen molar-refractivity contribution < 1.29 is 4.79 Å². The number of hydrogen-bond donors (Lipinski definition) is 1. The van der Waals surface area contributed by atoms with Gasteiger partial charge in [0.15, 0.2) is 0 Å². The first-order valence-electron chi connectivity index (χ1n) is 9.86. The Morgan fingerprint density at radius 1 is 0.966 bits per heavy atom. The van der Waals surface area contributed by atoms with Crippen LogP contribution in [0.5, 0.6) is 0 Å². The van der Waals surface area contributed by atoms with Gasteiger partial charge in [0, 0.05) is 36.6 Å². The largest absolute Gasteiger partial charge is 0.324 e. The summed E-state index contributed by atoms with van der Waals surface area (Å²) in [6.45, 7) is 1.46. The van der Waals surface area contributed by atoms with Crippen molar-refractivity contribution in [2.75, 3.05) is 18.4 Å². The number of carbonyl (C=O) groups excluding carboxylic acids is 1. The van der Waals surface area contributed by atoms with E-state index in [1.165, 1.54) is 0 Å². The minimum Gasteiger partial charge on any atom is -0.324 e. The summed E-state index contributed by atoms with van der Waals surface area (Å²) in [6.07, 6.45) is 7.48. The zero-order valence-electron chi connectivity index (χ0n) is 16.0. The molecule has 0 saturated carbocycles.